The van der Waals surface area contributed by atoms with Gasteiger partial charge >= 0.3 is 0 Å². The summed E-state index contributed by atoms with van der Waals surface area (Å²) in [6.45, 7) is 0.740. The van der Waals surface area contributed by atoms with Gasteiger partial charge in [-0.3, -0.25) is 4.79 Å². The summed E-state index contributed by atoms with van der Waals surface area (Å²) in [5.74, 6) is -0.446. The van der Waals surface area contributed by atoms with Crippen molar-refractivity contribution < 1.29 is 13.2 Å². The first kappa shape index (κ1) is 20.0. The predicted molar refractivity (Wildman–Crippen MR) is 117 cm³/mol. The molecular formula is C21H23N3O3S2. The summed E-state index contributed by atoms with van der Waals surface area (Å²) in [4.78, 5) is 17.2. The van der Waals surface area contributed by atoms with E-state index in [4.69, 9.17) is 0 Å². The molecule has 1 atom stereocenters. The maximum atomic E-state index is 12.6. The van der Waals surface area contributed by atoms with E-state index in [1.54, 1.807) is 11.3 Å². The monoisotopic (exact) mass is 429 g/mol. The number of aromatic nitrogens is 1. The smallest absolute Gasteiger partial charge is 0.228 e. The zero-order valence-electron chi connectivity index (χ0n) is 16.2. The van der Waals surface area contributed by atoms with Crippen LogP contribution in [0.2, 0.25) is 0 Å². The van der Waals surface area contributed by atoms with Gasteiger partial charge in [0.1, 0.15) is 0 Å². The van der Waals surface area contributed by atoms with Crippen molar-refractivity contribution in [3.8, 4) is 0 Å². The van der Waals surface area contributed by atoms with Gasteiger partial charge in [0.2, 0.25) is 15.9 Å². The normalized spacial score (nSPS) is 18.0. The Balaban J connectivity index is 1.38. The van der Waals surface area contributed by atoms with Crippen molar-refractivity contribution in [3.05, 3.63) is 59.1 Å². The lowest BCUT2D eigenvalue weighted by molar-refractivity contribution is -0.120. The number of para-hydroxylation sites is 1. The van der Waals surface area contributed by atoms with Crippen LogP contribution in [0, 0.1) is 5.92 Å². The fraction of sp³-hybridized carbons (Fsp3) is 0.333. The predicted octanol–water partition coefficient (Wildman–Crippen LogP) is 3.50. The third-order valence-corrected chi connectivity index (χ3v) is 7.44. The molecule has 0 spiro atoms. The van der Waals surface area contributed by atoms with Gasteiger partial charge in [0.25, 0.3) is 0 Å². The molecule has 2 aromatic carbocycles. The highest BCUT2D eigenvalue weighted by molar-refractivity contribution is 7.88. The summed E-state index contributed by atoms with van der Waals surface area (Å²) < 4.78 is 26.1. The van der Waals surface area contributed by atoms with Crippen LogP contribution in [-0.4, -0.2) is 43.0 Å². The minimum absolute atomic E-state index is 0.128. The van der Waals surface area contributed by atoms with Crippen LogP contribution >= 0.6 is 11.3 Å². The first-order valence-electron chi connectivity index (χ1n) is 9.58. The highest BCUT2D eigenvalue weighted by atomic mass is 32.2. The van der Waals surface area contributed by atoms with Crippen molar-refractivity contribution in [3.63, 3.8) is 0 Å². The van der Waals surface area contributed by atoms with Crippen LogP contribution in [0.4, 0.5) is 5.69 Å². The first-order valence-corrected chi connectivity index (χ1v) is 12.2. The van der Waals surface area contributed by atoms with E-state index in [1.807, 2.05) is 42.5 Å². The van der Waals surface area contributed by atoms with Gasteiger partial charge in [-0.25, -0.2) is 17.7 Å². The lowest BCUT2D eigenvalue weighted by Gasteiger charge is -2.30. The zero-order chi connectivity index (χ0) is 20.4. The standard InChI is InChI=1S/C21H23N3O3S2/c1-29(26,27)24-12-4-5-16(14-24)21(25)22-17-10-8-15(9-11-17)13-20-23-18-6-2-3-7-19(18)28-20/h2-3,6-11,16H,4-5,12-14H2,1H3,(H,22,25). The molecule has 152 valence electrons. The van der Waals surface area contributed by atoms with Crippen LogP contribution < -0.4 is 5.32 Å². The molecule has 1 N–H and O–H groups in total. The van der Waals surface area contributed by atoms with Crippen molar-refractivity contribution in [1.29, 1.82) is 0 Å². The minimum Gasteiger partial charge on any atom is -0.326 e. The number of fused-ring (bicyclic) bond motifs is 1. The van der Waals surface area contributed by atoms with E-state index in [1.165, 1.54) is 15.3 Å². The molecule has 0 bridgehead atoms. The molecule has 1 fully saturated rings. The molecule has 0 saturated carbocycles. The van der Waals surface area contributed by atoms with Gasteiger partial charge in [-0.05, 0) is 42.7 Å². The Hall–Kier alpha value is -2.29. The van der Waals surface area contributed by atoms with Gasteiger partial charge in [0, 0.05) is 25.2 Å². The number of carbonyl (C=O) groups excluding carboxylic acids is 1. The van der Waals surface area contributed by atoms with E-state index in [9.17, 15) is 13.2 Å². The van der Waals surface area contributed by atoms with Crippen molar-refractivity contribution in [2.45, 2.75) is 19.3 Å². The molecule has 6 nitrogen and oxygen atoms in total. The number of rotatable bonds is 5. The van der Waals surface area contributed by atoms with Crippen LogP contribution in [-0.2, 0) is 21.2 Å². The number of thiazole rings is 1. The lowest BCUT2D eigenvalue weighted by Crippen LogP contribution is -2.43. The Kier molecular flexibility index (Phi) is 5.67. The van der Waals surface area contributed by atoms with Crippen molar-refractivity contribution in [2.75, 3.05) is 24.7 Å². The second kappa shape index (κ2) is 8.22. The summed E-state index contributed by atoms with van der Waals surface area (Å²) in [7, 11) is -3.26. The maximum absolute atomic E-state index is 12.6. The van der Waals surface area contributed by atoms with Crippen LogP contribution in [0.3, 0.4) is 0 Å². The number of hydrogen-bond acceptors (Lipinski definition) is 5. The first-order chi connectivity index (χ1) is 13.9. The lowest BCUT2D eigenvalue weighted by atomic mass is 9.98. The van der Waals surface area contributed by atoms with E-state index < -0.39 is 10.0 Å². The van der Waals surface area contributed by atoms with E-state index in [0.717, 1.165) is 28.2 Å². The van der Waals surface area contributed by atoms with Gasteiger partial charge in [0.15, 0.2) is 0 Å². The quantitative estimate of drug-likeness (QED) is 0.673. The van der Waals surface area contributed by atoms with E-state index >= 15 is 0 Å². The van der Waals surface area contributed by atoms with E-state index in [2.05, 4.69) is 16.4 Å². The largest absolute Gasteiger partial charge is 0.326 e. The third kappa shape index (κ3) is 4.83. The summed E-state index contributed by atoms with van der Waals surface area (Å²) in [6.07, 6.45) is 3.34. The number of piperidine rings is 1. The highest BCUT2D eigenvalue weighted by Gasteiger charge is 2.30. The van der Waals surface area contributed by atoms with Crippen molar-refractivity contribution in [1.82, 2.24) is 9.29 Å². The molecule has 2 heterocycles. The Morgan fingerprint density at radius 3 is 2.69 bits per heavy atom. The van der Waals surface area contributed by atoms with Crippen LogP contribution in [0.5, 0.6) is 0 Å². The molecule has 0 radical (unpaired) electrons. The topological polar surface area (TPSA) is 79.4 Å². The molecular weight excluding hydrogens is 406 g/mol. The number of anilines is 1. The van der Waals surface area contributed by atoms with Gasteiger partial charge in [-0.1, -0.05) is 24.3 Å². The number of carbonyl (C=O) groups is 1. The van der Waals surface area contributed by atoms with Crippen LogP contribution in [0.25, 0.3) is 10.2 Å². The summed E-state index contributed by atoms with van der Waals surface area (Å²) >= 11 is 1.69. The highest BCUT2D eigenvalue weighted by Crippen LogP contribution is 2.25. The molecule has 1 aliphatic rings. The second-order valence-corrected chi connectivity index (χ2v) is 10.5. The van der Waals surface area contributed by atoms with Gasteiger partial charge in [0.05, 0.1) is 27.4 Å². The molecule has 8 heteroatoms. The van der Waals surface area contributed by atoms with Crippen molar-refractivity contribution in [2.24, 2.45) is 5.92 Å². The molecule has 1 aromatic heterocycles. The molecule has 3 aromatic rings. The van der Waals surface area contributed by atoms with Crippen LogP contribution in [0.15, 0.2) is 48.5 Å². The maximum Gasteiger partial charge on any atom is 0.228 e. The van der Waals surface area contributed by atoms with Crippen LogP contribution in [0.1, 0.15) is 23.4 Å². The van der Waals surface area contributed by atoms with Gasteiger partial charge in [-0.2, -0.15) is 0 Å². The Morgan fingerprint density at radius 1 is 1.21 bits per heavy atom. The molecule has 1 unspecified atom stereocenters. The molecule has 1 saturated heterocycles. The molecule has 1 aliphatic heterocycles. The van der Waals surface area contributed by atoms with Crippen molar-refractivity contribution >= 4 is 43.2 Å². The molecule has 4 rings (SSSR count). The summed E-state index contributed by atoms with van der Waals surface area (Å²) in [5.41, 5.74) is 2.87. The summed E-state index contributed by atoms with van der Waals surface area (Å²) in [6, 6.07) is 15.9. The fourth-order valence-corrected chi connectivity index (χ4v) is 5.49. The van der Waals surface area contributed by atoms with Gasteiger partial charge in [-0.15, -0.1) is 11.3 Å². The Morgan fingerprint density at radius 2 is 1.97 bits per heavy atom. The third-order valence-electron chi connectivity index (χ3n) is 5.14. The number of sulfonamides is 1. The second-order valence-electron chi connectivity index (χ2n) is 7.40. The number of amides is 1. The number of nitrogens with one attached hydrogen (secondary N) is 1. The number of benzene rings is 2. The SMILES string of the molecule is CS(=O)(=O)N1CCCC(C(=O)Nc2ccc(Cc3nc4ccccc4s3)cc2)C1. The van der Waals surface area contributed by atoms with E-state index in [0.29, 0.717) is 19.4 Å². The van der Waals surface area contributed by atoms with E-state index in [-0.39, 0.29) is 18.4 Å². The zero-order valence-corrected chi connectivity index (χ0v) is 17.8. The Bertz CT molecular complexity index is 1090. The summed E-state index contributed by atoms with van der Waals surface area (Å²) in [5, 5.41) is 3.98. The number of nitrogens with zero attached hydrogens (tertiary/aromatic N) is 2. The molecule has 0 aliphatic carbocycles. The molecule has 1 amide bonds. The average Bonchev–Trinajstić information content (AvgIpc) is 3.11. The molecule has 29 heavy (non-hydrogen) atoms. The fourth-order valence-electron chi connectivity index (χ4n) is 3.58. The number of hydrogen-bond donors (Lipinski definition) is 1. The minimum atomic E-state index is -3.26. The van der Waals surface area contributed by atoms with Gasteiger partial charge < -0.3 is 5.32 Å². The Labute approximate surface area is 174 Å². The average molecular weight is 430 g/mol.